The van der Waals surface area contributed by atoms with Crippen LogP contribution in [-0.4, -0.2) is 33.9 Å². The Morgan fingerprint density at radius 1 is 1.26 bits per heavy atom. The molecule has 3 aromatic rings. The quantitative estimate of drug-likeness (QED) is 0.760. The Morgan fingerprint density at radius 3 is 2.81 bits per heavy atom. The van der Waals surface area contributed by atoms with Gasteiger partial charge in [0.25, 0.3) is 5.91 Å². The van der Waals surface area contributed by atoms with Gasteiger partial charge in [-0.25, -0.2) is 4.98 Å². The van der Waals surface area contributed by atoms with Crippen molar-refractivity contribution in [3.05, 3.63) is 53.7 Å². The third-order valence-corrected chi connectivity index (χ3v) is 4.98. The number of benzene rings is 1. The number of nitrogens with zero attached hydrogens (tertiary/aromatic N) is 3. The number of hydrogen-bond donors (Lipinski definition) is 1. The first-order chi connectivity index (χ1) is 13.1. The number of carbonyl (C=O) groups excluding carboxylic acids is 1. The van der Waals surface area contributed by atoms with Crippen LogP contribution >= 0.6 is 0 Å². The molecule has 1 fully saturated rings. The van der Waals surface area contributed by atoms with E-state index in [1.54, 1.807) is 12.4 Å². The van der Waals surface area contributed by atoms with Gasteiger partial charge in [-0.3, -0.25) is 9.48 Å². The molecule has 1 aliphatic heterocycles. The number of aryl methyl sites for hydroxylation is 1. The maximum Gasteiger partial charge on any atom is 0.259 e. The molecule has 0 radical (unpaired) electrons. The van der Waals surface area contributed by atoms with Gasteiger partial charge < -0.3 is 14.5 Å². The summed E-state index contributed by atoms with van der Waals surface area (Å²) in [5.74, 6) is 0.361. The molecule has 1 saturated heterocycles. The second kappa shape index (κ2) is 7.36. The third kappa shape index (κ3) is 3.50. The van der Waals surface area contributed by atoms with Crippen molar-refractivity contribution < 1.29 is 13.9 Å². The standard InChI is InChI=1S/C20H22N4O3/c1-13-3-4-15(11-17(13)20-21-7-10-27-20)23-19(25)18-12-22-24(14(18)2)16-5-8-26-9-6-16/h3-4,7,10-12,16H,5-6,8-9H2,1-2H3,(H,23,25). The Hall–Kier alpha value is -2.93. The molecule has 0 spiro atoms. The highest BCUT2D eigenvalue weighted by molar-refractivity contribution is 6.05. The molecule has 140 valence electrons. The maximum absolute atomic E-state index is 12.8. The summed E-state index contributed by atoms with van der Waals surface area (Å²) < 4.78 is 12.7. The minimum absolute atomic E-state index is 0.173. The van der Waals surface area contributed by atoms with Crippen LogP contribution in [0.25, 0.3) is 11.5 Å². The summed E-state index contributed by atoms with van der Waals surface area (Å²) in [7, 11) is 0. The number of carbonyl (C=O) groups is 1. The highest BCUT2D eigenvalue weighted by atomic mass is 16.5. The molecule has 0 saturated carbocycles. The van der Waals surface area contributed by atoms with E-state index in [9.17, 15) is 4.79 Å². The van der Waals surface area contributed by atoms with Crippen molar-refractivity contribution in [2.45, 2.75) is 32.7 Å². The minimum Gasteiger partial charge on any atom is -0.445 e. The lowest BCUT2D eigenvalue weighted by molar-refractivity contribution is 0.0656. The number of amides is 1. The molecule has 1 aromatic carbocycles. The highest BCUT2D eigenvalue weighted by Gasteiger charge is 2.22. The van der Waals surface area contributed by atoms with E-state index in [2.05, 4.69) is 15.4 Å². The van der Waals surface area contributed by atoms with Crippen LogP contribution in [0.3, 0.4) is 0 Å². The molecule has 27 heavy (non-hydrogen) atoms. The molecule has 0 bridgehead atoms. The molecule has 7 nitrogen and oxygen atoms in total. The smallest absolute Gasteiger partial charge is 0.259 e. The Labute approximate surface area is 157 Å². The van der Waals surface area contributed by atoms with Crippen LogP contribution in [0.2, 0.25) is 0 Å². The number of nitrogens with one attached hydrogen (secondary N) is 1. The van der Waals surface area contributed by atoms with Crippen molar-refractivity contribution in [2.24, 2.45) is 0 Å². The summed E-state index contributed by atoms with van der Waals surface area (Å²) >= 11 is 0. The van der Waals surface area contributed by atoms with Crippen molar-refractivity contribution in [1.82, 2.24) is 14.8 Å². The fraction of sp³-hybridized carbons (Fsp3) is 0.350. The zero-order valence-corrected chi connectivity index (χ0v) is 15.4. The fourth-order valence-electron chi connectivity index (χ4n) is 3.43. The maximum atomic E-state index is 12.8. The summed E-state index contributed by atoms with van der Waals surface area (Å²) in [6.45, 7) is 5.38. The lowest BCUT2D eigenvalue weighted by Crippen LogP contribution is -2.22. The van der Waals surface area contributed by atoms with Crippen molar-refractivity contribution in [3.63, 3.8) is 0 Å². The zero-order chi connectivity index (χ0) is 18.8. The number of anilines is 1. The van der Waals surface area contributed by atoms with Gasteiger partial charge in [0.1, 0.15) is 6.26 Å². The minimum atomic E-state index is -0.173. The zero-order valence-electron chi connectivity index (χ0n) is 15.4. The largest absolute Gasteiger partial charge is 0.445 e. The number of aromatic nitrogens is 3. The van der Waals surface area contributed by atoms with Gasteiger partial charge in [-0.15, -0.1) is 0 Å². The van der Waals surface area contributed by atoms with E-state index in [-0.39, 0.29) is 11.9 Å². The molecule has 1 aliphatic rings. The van der Waals surface area contributed by atoms with Gasteiger partial charge in [0.05, 0.1) is 24.0 Å². The van der Waals surface area contributed by atoms with Gasteiger partial charge >= 0.3 is 0 Å². The number of hydrogen-bond acceptors (Lipinski definition) is 5. The third-order valence-electron chi connectivity index (χ3n) is 4.98. The normalized spacial score (nSPS) is 15.0. The topological polar surface area (TPSA) is 82.2 Å². The molecule has 0 aliphatic carbocycles. The predicted octanol–water partition coefficient (Wildman–Crippen LogP) is 3.76. The van der Waals surface area contributed by atoms with Gasteiger partial charge in [-0.05, 0) is 44.4 Å². The first-order valence-electron chi connectivity index (χ1n) is 9.07. The predicted molar refractivity (Wildman–Crippen MR) is 101 cm³/mol. The van der Waals surface area contributed by atoms with Crippen molar-refractivity contribution in [1.29, 1.82) is 0 Å². The summed E-state index contributed by atoms with van der Waals surface area (Å²) in [5, 5.41) is 7.41. The van der Waals surface area contributed by atoms with Crippen LogP contribution in [0, 0.1) is 13.8 Å². The van der Waals surface area contributed by atoms with Crippen LogP contribution in [0.15, 0.2) is 41.3 Å². The van der Waals surface area contributed by atoms with E-state index in [0.29, 0.717) is 17.1 Å². The first-order valence-corrected chi connectivity index (χ1v) is 9.07. The lowest BCUT2D eigenvalue weighted by atomic mass is 10.1. The highest BCUT2D eigenvalue weighted by Crippen LogP contribution is 2.27. The van der Waals surface area contributed by atoms with Crippen molar-refractivity contribution >= 4 is 11.6 Å². The molecule has 0 atom stereocenters. The van der Waals surface area contributed by atoms with Crippen LogP contribution in [-0.2, 0) is 4.74 Å². The van der Waals surface area contributed by atoms with Gasteiger partial charge in [-0.1, -0.05) is 6.07 Å². The van der Waals surface area contributed by atoms with Crippen LogP contribution in [0.4, 0.5) is 5.69 Å². The van der Waals surface area contributed by atoms with Crippen molar-refractivity contribution in [2.75, 3.05) is 18.5 Å². The average Bonchev–Trinajstić information content (AvgIpc) is 3.34. The number of oxazole rings is 1. The number of rotatable bonds is 4. The summed E-state index contributed by atoms with van der Waals surface area (Å²) in [4.78, 5) is 17.0. The number of ether oxygens (including phenoxy) is 1. The Morgan fingerprint density at radius 2 is 2.07 bits per heavy atom. The second-order valence-electron chi connectivity index (χ2n) is 6.75. The van der Waals surface area contributed by atoms with E-state index in [0.717, 1.165) is 42.9 Å². The van der Waals surface area contributed by atoms with Crippen LogP contribution in [0.1, 0.15) is 40.5 Å². The van der Waals surface area contributed by atoms with Gasteiger partial charge in [0.2, 0.25) is 5.89 Å². The Balaban J connectivity index is 1.55. The Kier molecular flexibility index (Phi) is 4.77. The summed E-state index contributed by atoms with van der Waals surface area (Å²) in [5.41, 5.74) is 4.03. The molecule has 2 aromatic heterocycles. The molecule has 1 amide bonds. The van der Waals surface area contributed by atoms with E-state index in [4.69, 9.17) is 9.15 Å². The lowest BCUT2D eigenvalue weighted by Gasteiger charge is -2.23. The molecule has 1 N–H and O–H groups in total. The van der Waals surface area contributed by atoms with E-state index in [1.807, 2.05) is 36.7 Å². The van der Waals surface area contributed by atoms with Crippen molar-refractivity contribution in [3.8, 4) is 11.5 Å². The molecule has 3 heterocycles. The van der Waals surface area contributed by atoms with E-state index in [1.165, 1.54) is 6.26 Å². The summed E-state index contributed by atoms with van der Waals surface area (Å²) in [6.07, 6.45) is 6.62. The molecule has 4 rings (SSSR count). The molecular weight excluding hydrogens is 344 g/mol. The molecule has 7 heteroatoms. The van der Waals surface area contributed by atoms with E-state index < -0.39 is 0 Å². The van der Waals surface area contributed by atoms with E-state index >= 15 is 0 Å². The SMILES string of the molecule is Cc1ccc(NC(=O)c2cnn(C3CCOCC3)c2C)cc1-c1ncco1. The Bertz CT molecular complexity index is 940. The molecule has 0 unspecified atom stereocenters. The average molecular weight is 366 g/mol. The monoisotopic (exact) mass is 366 g/mol. The summed E-state index contributed by atoms with van der Waals surface area (Å²) in [6, 6.07) is 5.97. The van der Waals surface area contributed by atoms with Crippen LogP contribution < -0.4 is 5.32 Å². The van der Waals surface area contributed by atoms with Gasteiger partial charge in [0.15, 0.2) is 0 Å². The van der Waals surface area contributed by atoms with Gasteiger partial charge in [-0.2, -0.15) is 5.10 Å². The molecular formula is C20H22N4O3. The van der Waals surface area contributed by atoms with Crippen LogP contribution in [0.5, 0.6) is 0 Å². The van der Waals surface area contributed by atoms with Gasteiger partial charge in [0, 0.05) is 30.2 Å². The first kappa shape index (κ1) is 17.5. The fourth-order valence-corrected chi connectivity index (χ4v) is 3.43. The second-order valence-corrected chi connectivity index (χ2v) is 6.75.